The molecule has 100 valence electrons. The molecule has 0 amide bonds. The van der Waals surface area contributed by atoms with Gasteiger partial charge in [-0.2, -0.15) is 0 Å². The minimum Gasteiger partial charge on any atom is -0.307 e. The second kappa shape index (κ2) is 5.79. The van der Waals surface area contributed by atoms with Crippen LogP contribution in [0.3, 0.4) is 0 Å². The van der Waals surface area contributed by atoms with Crippen LogP contribution < -0.4 is 5.32 Å². The summed E-state index contributed by atoms with van der Waals surface area (Å²) in [6.45, 7) is 4.11. The molecule has 3 unspecified atom stereocenters. The molecular formula is C15H21F2N. The molecule has 1 aromatic rings. The molecule has 1 fully saturated rings. The number of hydrogen-bond donors (Lipinski definition) is 1. The normalized spacial score (nSPS) is 25.3. The van der Waals surface area contributed by atoms with Crippen LogP contribution in [0.5, 0.6) is 0 Å². The Morgan fingerprint density at radius 1 is 1.33 bits per heavy atom. The fourth-order valence-electron chi connectivity index (χ4n) is 2.89. The van der Waals surface area contributed by atoms with Crippen LogP contribution in [0.1, 0.15) is 51.1 Å². The summed E-state index contributed by atoms with van der Waals surface area (Å²) in [6.07, 6.45) is 4.74. The summed E-state index contributed by atoms with van der Waals surface area (Å²) in [7, 11) is 0. The second-order valence-corrected chi connectivity index (χ2v) is 5.34. The van der Waals surface area contributed by atoms with Crippen LogP contribution in [0.4, 0.5) is 8.78 Å². The van der Waals surface area contributed by atoms with E-state index >= 15 is 0 Å². The molecule has 0 aromatic heterocycles. The van der Waals surface area contributed by atoms with Gasteiger partial charge in [0.2, 0.25) is 0 Å². The van der Waals surface area contributed by atoms with Gasteiger partial charge in [-0.15, -0.1) is 0 Å². The Morgan fingerprint density at radius 2 is 2.11 bits per heavy atom. The number of nitrogens with one attached hydrogen (secondary N) is 1. The van der Waals surface area contributed by atoms with Gasteiger partial charge in [0.05, 0.1) is 0 Å². The molecule has 0 aliphatic heterocycles. The van der Waals surface area contributed by atoms with Crippen LogP contribution in [-0.4, -0.2) is 6.04 Å². The van der Waals surface area contributed by atoms with E-state index in [0.717, 1.165) is 24.8 Å². The Balaban J connectivity index is 1.99. The summed E-state index contributed by atoms with van der Waals surface area (Å²) < 4.78 is 26.8. The van der Waals surface area contributed by atoms with E-state index in [0.29, 0.717) is 11.6 Å². The standard InChI is InChI=1S/C15H21F2N/c1-3-11-4-6-13(8-11)18-10(2)14-9-12(16)5-7-15(14)17/h5,7,9-11,13,18H,3-4,6,8H2,1-2H3. The first-order valence-electron chi connectivity index (χ1n) is 6.81. The number of benzene rings is 1. The molecule has 1 saturated carbocycles. The highest BCUT2D eigenvalue weighted by atomic mass is 19.1. The van der Waals surface area contributed by atoms with Crippen LogP contribution in [0.25, 0.3) is 0 Å². The predicted molar refractivity (Wildman–Crippen MR) is 69.3 cm³/mol. The average Bonchev–Trinajstić information content (AvgIpc) is 2.80. The van der Waals surface area contributed by atoms with Crippen molar-refractivity contribution in [1.82, 2.24) is 5.32 Å². The van der Waals surface area contributed by atoms with Gasteiger partial charge in [-0.1, -0.05) is 13.3 Å². The summed E-state index contributed by atoms with van der Waals surface area (Å²) >= 11 is 0. The summed E-state index contributed by atoms with van der Waals surface area (Å²) in [5.41, 5.74) is 0.426. The van der Waals surface area contributed by atoms with Gasteiger partial charge in [-0.25, -0.2) is 8.78 Å². The molecular weight excluding hydrogens is 232 g/mol. The van der Waals surface area contributed by atoms with Crippen molar-refractivity contribution >= 4 is 0 Å². The molecule has 0 spiro atoms. The Hall–Kier alpha value is -0.960. The van der Waals surface area contributed by atoms with Crippen molar-refractivity contribution in [3.8, 4) is 0 Å². The molecule has 3 atom stereocenters. The Kier molecular flexibility index (Phi) is 4.33. The van der Waals surface area contributed by atoms with E-state index in [1.54, 1.807) is 0 Å². The molecule has 0 radical (unpaired) electrons. The van der Waals surface area contributed by atoms with Gasteiger partial charge in [0.25, 0.3) is 0 Å². The van der Waals surface area contributed by atoms with Crippen molar-refractivity contribution in [2.24, 2.45) is 5.92 Å². The van der Waals surface area contributed by atoms with E-state index < -0.39 is 0 Å². The van der Waals surface area contributed by atoms with Crippen molar-refractivity contribution < 1.29 is 8.78 Å². The third kappa shape index (κ3) is 3.08. The minimum absolute atomic E-state index is 0.138. The molecule has 1 nitrogen and oxygen atoms in total. The van der Waals surface area contributed by atoms with Crippen LogP contribution in [0.15, 0.2) is 18.2 Å². The van der Waals surface area contributed by atoms with Crippen molar-refractivity contribution in [2.75, 3.05) is 0 Å². The first-order valence-corrected chi connectivity index (χ1v) is 6.81. The van der Waals surface area contributed by atoms with Crippen LogP contribution >= 0.6 is 0 Å². The van der Waals surface area contributed by atoms with Gasteiger partial charge in [0.15, 0.2) is 0 Å². The molecule has 1 N–H and O–H groups in total. The highest BCUT2D eigenvalue weighted by Crippen LogP contribution is 2.30. The molecule has 3 heteroatoms. The minimum atomic E-state index is -0.377. The summed E-state index contributed by atoms with van der Waals surface area (Å²) in [4.78, 5) is 0. The third-order valence-electron chi connectivity index (χ3n) is 4.03. The summed E-state index contributed by atoms with van der Waals surface area (Å²) in [6, 6.07) is 3.95. The van der Waals surface area contributed by atoms with Crippen molar-refractivity contribution in [2.45, 2.75) is 51.6 Å². The quantitative estimate of drug-likeness (QED) is 0.848. The molecule has 1 aliphatic carbocycles. The highest BCUT2D eigenvalue weighted by Gasteiger charge is 2.25. The lowest BCUT2D eigenvalue weighted by molar-refractivity contribution is 0.426. The number of halogens is 2. The van der Waals surface area contributed by atoms with E-state index in [1.165, 1.54) is 25.0 Å². The van der Waals surface area contributed by atoms with E-state index in [9.17, 15) is 8.78 Å². The lowest BCUT2D eigenvalue weighted by atomic mass is 10.0. The van der Waals surface area contributed by atoms with Gasteiger partial charge in [0, 0.05) is 17.6 Å². The van der Waals surface area contributed by atoms with Gasteiger partial charge in [-0.3, -0.25) is 0 Å². The van der Waals surface area contributed by atoms with E-state index in [-0.39, 0.29) is 17.7 Å². The van der Waals surface area contributed by atoms with Crippen LogP contribution in [0.2, 0.25) is 0 Å². The Morgan fingerprint density at radius 3 is 2.78 bits per heavy atom. The zero-order valence-corrected chi connectivity index (χ0v) is 11.0. The summed E-state index contributed by atoms with van der Waals surface area (Å²) in [5, 5.41) is 3.42. The highest BCUT2D eigenvalue weighted by molar-refractivity contribution is 5.22. The lowest BCUT2D eigenvalue weighted by Gasteiger charge is -2.20. The van der Waals surface area contributed by atoms with Gasteiger partial charge in [0.1, 0.15) is 11.6 Å². The van der Waals surface area contributed by atoms with E-state index in [4.69, 9.17) is 0 Å². The Bertz CT molecular complexity index is 405. The first kappa shape index (κ1) is 13.5. The van der Waals surface area contributed by atoms with Gasteiger partial charge in [-0.05, 0) is 50.3 Å². The fourth-order valence-corrected chi connectivity index (χ4v) is 2.89. The molecule has 18 heavy (non-hydrogen) atoms. The number of hydrogen-bond acceptors (Lipinski definition) is 1. The SMILES string of the molecule is CCC1CCC(NC(C)c2cc(F)ccc2F)C1. The first-order chi connectivity index (χ1) is 8.60. The third-order valence-corrected chi connectivity index (χ3v) is 4.03. The van der Waals surface area contributed by atoms with Gasteiger partial charge >= 0.3 is 0 Å². The van der Waals surface area contributed by atoms with Gasteiger partial charge < -0.3 is 5.32 Å². The van der Waals surface area contributed by atoms with E-state index in [1.807, 2.05) is 6.92 Å². The number of rotatable bonds is 4. The summed E-state index contributed by atoms with van der Waals surface area (Å²) in [5.74, 6) is 0.0754. The van der Waals surface area contributed by atoms with Crippen LogP contribution in [-0.2, 0) is 0 Å². The van der Waals surface area contributed by atoms with Crippen molar-refractivity contribution in [1.29, 1.82) is 0 Å². The molecule has 1 aromatic carbocycles. The average molecular weight is 253 g/mol. The van der Waals surface area contributed by atoms with Crippen molar-refractivity contribution in [3.05, 3.63) is 35.4 Å². The lowest BCUT2D eigenvalue weighted by Crippen LogP contribution is -2.30. The maximum absolute atomic E-state index is 13.6. The zero-order valence-electron chi connectivity index (χ0n) is 11.0. The smallest absolute Gasteiger partial charge is 0.128 e. The Labute approximate surface area is 108 Å². The topological polar surface area (TPSA) is 12.0 Å². The molecule has 1 aliphatic rings. The monoisotopic (exact) mass is 253 g/mol. The molecule has 0 bridgehead atoms. The largest absolute Gasteiger partial charge is 0.307 e. The molecule has 2 rings (SSSR count). The second-order valence-electron chi connectivity index (χ2n) is 5.34. The van der Waals surface area contributed by atoms with Crippen molar-refractivity contribution in [3.63, 3.8) is 0 Å². The molecule has 0 saturated heterocycles. The maximum atomic E-state index is 13.6. The van der Waals surface area contributed by atoms with E-state index in [2.05, 4.69) is 12.2 Å². The van der Waals surface area contributed by atoms with Crippen LogP contribution in [0, 0.1) is 17.6 Å². The fraction of sp³-hybridized carbons (Fsp3) is 0.600. The zero-order chi connectivity index (χ0) is 13.1. The predicted octanol–water partition coefficient (Wildman–Crippen LogP) is 4.19. The maximum Gasteiger partial charge on any atom is 0.128 e. The molecule has 0 heterocycles.